The largest absolute Gasteiger partial charge is 0.383 e. The minimum Gasteiger partial charge on any atom is -0.383 e. The molecule has 3 N–H and O–H groups in total. The molecule has 4 heteroatoms. The average molecular weight is 192 g/mol. The van der Waals surface area contributed by atoms with Gasteiger partial charge in [0.05, 0.1) is 0 Å². The molecule has 0 atom stereocenters. The lowest BCUT2D eigenvalue weighted by molar-refractivity contribution is 0.308. The van der Waals surface area contributed by atoms with Gasteiger partial charge < -0.3 is 11.1 Å². The lowest BCUT2D eigenvalue weighted by Gasteiger charge is -2.34. The lowest BCUT2D eigenvalue weighted by Crippen LogP contribution is -2.34. The zero-order valence-corrected chi connectivity index (χ0v) is 8.62. The Labute approximate surface area is 83.9 Å². The second kappa shape index (κ2) is 3.44. The van der Waals surface area contributed by atoms with Crippen LogP contribution in [-0.4, -0.2) is 16.0 Å². The van der Waals surface area contributed by atoms with Gasteiger partial charge in [0.2, 0.25) is 0 Å². The molecule has 1 aliphatic carbocycles. The quantitative estimate of drug-likeness (QED) is 0.746. The van der Waals surface area contributed by atoms with E-state index in [0.717, 1.165) is 17.3 Å². The summed E-state index contributed by atoms with van der Waals surface area (Å²) in [5.74, 6) is 2.29. The van der Waals surface area contributed by atoms with Gasteiger partial charge in [-0.05, 0) is 25.7 Å². The number of hydrogen-bond acceptors (Lipinski definition) is 4. The molecule has 4 nitrogen and oxygen atoms in total. The van der Waals surface area contributed by atoms with E-state index in [-0.39, 0.29) is 0 Å². The van der Waals surface area contributed by atoms with Gasteiger partial charge in [0.1, 0.15) is 18.0 Å². The molecule has 0 unspecified atom stereocenters. The Morgan fingerprint density at radius 1 is 1.43 bits per heavy atom. The van der Waals surface area contributed by atoms with Crippen molar-refractivity contribution < 1.29 is 0 Å². The van der Waals surface area contributed by atoms with Crippen LogP contribution in [0.3, 0.4) is 0 Å². The number of nitrogens with one attached hydrogen (secondary N) is 1. The highest BCUT2D eigenvalue weighted by molar-refractivity contribution is 5.54. The molecule has 0 amide bonds. The van der Waals surface area contributed by atoms with E-state index in [1.807, 2.05) is 6.92 Å². The molecule has 1 saturated carbocycles. The highest BCUT2D eigenvalue weighted by Gasteiger charge is 2.25. The molecule has 0 aromatic carbocycles. The van der Waals surface area contributed by atoms with Crippen molar-refractivity contribution in [1.29, 1.82) is 0 Å². The third-order valence-corrected chi connectivity index (χ3v) is 2.84. The van der Waals surface area contributed by atoms with E-state index in [2.05, 4.69) is 22.2 Å². The smallest absolute Gasteiger partial charge is 0.134 e. The molecule has 1 fully saturated rings. The second-order valence-corrected chi connectivity index (χ2v) is 4.15. The normalized spacial score (nSPS) is 25.6. The zero-order valence-electron chi connectivity index (χ0n) is 8.62. The zero-order chi connectivity index (χ0) is 10.1. The summed E-state index contributed by atoms with van der Waals surface area (Å²) in [6.07, 6.45) is 3.96. The lowest BCUT2D eigenvalue weighted by atomic mass is 9.82. The summed E-state index contributed by atoms with van der Waals surface area (Å²) in [6.45, 7) is 4.21. The van der Waals surface area contributed by atoms with Gasteiger partial charge in [0.25, 0.3) is 0 Å². The summed E-state index contributed by atoms with van der Waals surface area (Å²) in [7, 11) is 0. The maximum atomic E-state index is 5.69. The van der Waals surface area contributed by atoms with Crippen molar-refractivity contribution in [3.63, 3.8) is 0 Å². The topological polar surface area (TPSA) is 63.8 Å². The van der Waals surface area contributed by atoms with Gasteiger partial charge in [-0.1, -0.05) is 6.92 Å². The van der Waals surface area contributed by atoms with Gasteiger partial charge in [-0.2, -0.15) is 0 Å². The Hall–Kier alpha value is -1.32. The minimum atomic E-state index is 0.565. The summed E-state index contributed by atoms with van der Waals surface area (Å²) < 4.78 is 0. The Balaban J connectivity index is 2.06. The monoisotopic (exact) mass is 192 g/mol. The molecule has 0 radical (unpaired) electrons. The van der Waals surface area contributed by atoms with Crippen molar-refractivity contribution in [2.75, 3.05) is 11.1 Å². The van der Waals surface area contributed by atoms with Crippen molar-refractivity contribution in [1.82, 2.24) is 9.97 Å². The van der Waals surface area contributed by atoms with Gasteiger partial charge in [0, 0.05) is 11.6 Å². The van der Waals surface area contributed by atoms with Crippen LogP contribution in [0.25, 0.3) is 0 Å². The van der Waals surface area contributed by atoms with Gasteiger partial charge in [-0.25, -0.2) is 9.97 Å². The molecule has 1 aromatic rings. The number of rotatable bonds is 2. The van der Waals surface area contributed by atoms with E-state index in [0.29, 0.717) is 11.9 Å². The molecule has 1 heterocycles. The van der Waals surface area contributed by atoms with Crippen LogP contribution in [0.15, 0.2) is 6.33 Å². The Kier molecular flexibility index (Phi) is 2.27. The average Bonchev–Trinajstić information content (AvgIpc) is 2.10. The van der Waals surface area contributed by atoms with Gasteiger partial charge in [-0.3, -0.25) is 0 Å². The maximum Gasteiger partial charge on any atom is 0.134 e. The number of nitrogens with two attached hydrogens (primary N) is 1. The van der Waals surface area contributed by atoms with E-state index < -0.39 is 0 Å². The van der Waals surface area contributed by atoms with Crippen LogP contribution in [0.5, 0.6) is 0 Å². The first-order valence-corrected chi connectivity index (χ1v) is 5.00. The highest BCUT2D eigenvalue weighted by atomic mass is 15.1. The molecule has 14 heavy (non-hydrogen) atoms. The predicted molar refractivity (Wildman–Crippen MR) is 57.0 cm³/mol. The molecule has 0 spiro atoms. The van der Waals surface area contributed by atoms with Crippen molar-refractivity contribution in [3.8, 4) is 0 Å². The molecule has 0 bridgehead atoms. The Morgan fingerprint density at radius 2 is 2.14 bits per heavy atom. The molecule has 0 saturated heterocycles. The molecule has 2 rings (SSSR count). The molecule has 1 aromatic heterocycles. The SMILES string of the molecule is Cc1c(N)ncnc1NC1CC(C)C1. The van der Waals surface area contributed by atoms with Crippen LogP contribution in [0.2, 0.25) is 0 Å². The molecule has 76 valence electrons. The van der Waals surface area contributed by atoms with E-state index in [1.165, 1.54) is 19.2 Å². The summed E-state index contributed by atoms with van der Waals surface area (Å²) in [5, 5.41) is 3.39. The summed E-state index contributed by atoms with van der Waals surface area (Å²) in [4.78, 5) is 8.12. The standard InChI is InChI=1S/C10H16N4/c1-6-3-8(4-6)14-10-7(2)9(11)12-5-13-10/h5-6,8H,3-4H2,1-2H3,(H3,11,12,13,14). The summed E-state index contributed by atoms with van der Waals surface area (Å²) >= 11 is 0. The fourth-order valence-corrected chi connectivity index (χ4v) is 1.82. The third kappa shape index (κ3) is 1.64. The van der Waals surface area contributed by atoms with Crippen LogP contribution >= 0.6 is 0 Å². The minimum absolute atomic E-state index is 0.565. The Morgan fingerprint density at radius 3 is 2.79 bits per heavy atom. The Bertz CT molecular complexity index is 331. The van der Waals surface area contributed by atoms with Gasteiger partial charge >= 0.3 is 0 Å². The fraction of sp³-hybridized carbons (Fsp3) is 0.600. The molecule has 0 aliphatic heterocycles. The first-order chi connectivity index (χ1) is 6.66. The summed E-state index contributed by atoms with van der Waals surface area (Å²) in [6, 6.07) is 0.568. The highest BCUT2D eigenvalue weighted by Crippen LogP contribution is 2.30. The van der Waals surface area contributed by atoms with E-state index in [9.17, 15) is 0 Å². The number of nitrogens with zero attached hydrogens (tertiary/aromatic N) is 2. The predicted octanol–water partition coefficient (Wildman–Crippen LogP) is 1.58. The van der Waals surface area contributed by atoms with Crippen LogP contribution < -0.4 is 11.1 Å². The van der Waals surface area contributed by atoms with Crippen LogP contribution in [-0.2, 0) is 0 Å². The molecular weight excluding hydrogens is 176 g/mol. The first kappa shape index (κ1) is 9.24. The van der Waals surface area contributed by atoms with Crippen molar-refractivity contribution >= 4 is 11.6 Å². The first-order valence-electron chi connectivity index (χ1n) is 5.00. The molecular formula is C10H16N4. The number of aromatic nitrogens is 2. The number of hydrogen-bond donors (Lipinski definition) is 2. The van der Waals surface area contributed by atoms with Crippen molar-refractivity contribution in [3.05, 3.63) is 11.9 Å². The van der Waals surface area contributed by atoms with Gasteiger partial charge in [0.15, 0.2) is 0 Å². The van der Waals surface area contributed by atoms with E-state index in [4.69, 9.17) is 5.73 Å². The van der Waals surface area contributed by atoms with E-state index >= 15 is 0 Å². The second-order valence-electron chi connectivity index (χ2n) is 4.15. The van der Waals surface area contributed by atoms with Crippen molar-refractivity contribution in [2.45, 2.75) is 32.7 Å². The van der Waals surface area contributed by atoms with E-state index in [1.54, 1.807) is 0 Å². The van der Waals surface area contributed by atoms with Crippen molar-refractivity contribution in [2.24, 2.45) is 5.92 Å². The number of nitrogen functional groups attached to an aromatic ring is 1. The van der Waals surface area contributed by atoms with Gasteiger partial charge in [-0.15, -0.1) is 0 Å². The van der Waals surface area contributed by atoms with Crippen LogP contribution in [0.1, 0.15) is 25.3 Å². The van der Waals surface area contributed by atoms with Crippen LogP contribution in [0, 0.1) is 12.8 Å². The maximum absolute atomic E-state index is 5.69. The number of anilines is 2. The third-order valence-electron chi connectivity index (χ3n) is 2.84. The fourth-order valence-electron chi connectivity index (χ4n) is 1.82. The van der Waals surface area contributed by atoms with Crippen LogP contribution in [0.4, 0.5) is 11.6 Å². The molecule has 1 aliphatic rings. The summed E-state index contributed by atoms with van der Waals surface area (Å²) in [5.41, 5.74) is 6.64.